The number of imidazole rings is 1. The summed E-state index contributed by atoms with van der Waals surface area (Å²) >= 11 is 0. The number of carbonyl (C=O) groups excluding carboxylic acids is 1. The molecule has 174 valence electrons. The van der Waals surface area contributed by atoms with Gasteiger partial charge in [-0.15, -0.1) is 5.92 Å². The van der Waals surface area contributed by atoms with Crippen LogP contribution in [0.4, 0.5) is 0 Å². The number of aliphatic hydroxyl groups excluding tert-OH is 1. The van der Waals surface area contributed by atoms with Crippen LogP contribution in [0.3, 0.4) is 0 Å². The molecule has 0 unspecified atom stereocenters. The molecular formula is C27H23N5O3. The second kappa shape index (κ2) is 8.22. The molecule has 0 radical (unpaired) electrons. The fourth-order valence-corrected chi connectivity index (χ4v) is 5.05. The molecule has 2 aliphatic rings. The van der Waals surface area contributed by atoms with Gasteiger partial charge in [0.1, 0.15) is 12.4 Å². The van der Waals surface area contributed by atoms with Crippen LogP contribution in [0.1, 0.15) is 56.8 Å². The molecule has 0 fully saturated rings. The lowest BCUT2D eigenvalue weighted by Crippen LogP contribution is -2.30. The van der Waals surface area contributed by atoms with Crippen LogP contribution in [0, 0.1) is 11.8 Å². The normalized spacial score (nSPS) is 19.7. The highest BCUT2D eigenvalue weighted by molar-refractivity contribution is 5.98. The monoisotopic (exact) mass is 468 g/mol. The first-order valence-corrected chi connectivity index (χ1v) is 11.3. The molecule has 2 aromatic carbocycles. The number of aliphatic hydroxyl groups is 1. The third kappa shape index (κ3) is 3.27. The highest BCUT2D eigenvalue weighted by Crippen LogP contribution is 2.48. The van der Waals surface area contributed by atoms with E-state index in [2.05, 4.69) is 21.8 Å². The van der Waals surface area contributed by atoms with Gasteiger partial charge in [-0.05, 0) is 36.8 Å². The van der Waals surface area contributed by atoms with Gasteiger partial charge < -0.3 is 19.3 Å². The Balaban J connectivity index is 1.54. The first kappa shape index (κ1) is 18.2. The van der Waals surface area contributed by atoms with Crippen LogP contribution < -0.4 is 4.74 Å². The molecule has 0 saturated heterocycles. The van der Waals surface area contributed by atoms with E-state index in [-0.39, 0.29) is 25.3 Å². The SMILES string of the molecule is [2H]C([2H])([2H])N1C(=O)c2cccc(C#CC)c2[C@H]2C[C@@H]1c1nc3ccc(-c4cnc(OCCO)nc4)cc3n12. The van der Waals surface area contributed by atoms with Gasteiger partial charge in [-0.2, -0.15) is 0 Å². The Morgan fingerprint density at radius 1 is 1.20 bits per heavy atom. The van der Waals surface area contributed by atoms with E-state index in [4.69, 9.17) is 18.9 Å². The maximum absolute atomic E-state index is 13.6. The van der Waals surface area contributed by atoms with Crippen molar-refractivity contribution in [3.63, 3.8) is 0 Å². The smallest absolute Gasteiger partial charge is 0.316 e. The first-order valence-electron chi connectivity index (χ1n) is 12.8. The number of rotatable bonds is 4. The van der Waals surface area contributed by atoms with Crippen molar-refractivity contribution in [2.24, 2.45) is 0 Å². The molecule has 0 spiro atoms. The van der Waals surface area contributed by atoms with Crippen LogP contribution in [0.5, 0.6) is 6.01 Å². The minimum atomic E-state index is -2.64. The van der Waals surface area contributed by atoms with Gasteiger partial charge in [-0.1, -0.05) is 18.1 Å². The Labute approximate surface area is 206 Å². The number of benzene rings is 2. The Bertz CT molecular complexity index is 1640. The van der Waals surface area contributed by atoms with Gasteiger partial charge in [0.2, 0.25) is 0 Å². The molecule has 6 rings (SSSR count). The van der Waals surface area contributed by atoms with Gasteiger partial charge in [0, 0.05) is 52.2 Å². The molecule has 8 nitrogen and oxygen atoms in total. The van der Waals surface area contributed by atoms with E-state index in [1.54, 1.807) is 31.5 Å². The van der Waals surface area contributed by atoms with Crippen LogP contribution in [0.25, 0.3) is 22.2 Å². The molecule has 0 aliphatic carbocycles. The van der Waals surface area contributed by atoms with E-state index in [0.717, 1.165) is 27.1 Å². The predicted molar refractivity (Wildman–Crippen MR) is 130 cm³/mol. The van der Waals surface area contributed by atoms with E-state index in [1.165, 1.54) is 0 Å². The number of hydrogen-bond donors (Lipinski definition) is 1. The van der Waals surface area contributed by atoms with E-state index < -0.39 is 18.9 Å². The van der Waals surface area contributed by atoms with Gasteiger partial charge in [0.15, 0.2) is 0 Å². The third-order valence-corrected chi connectivity index (χ3v) is 6.52. The van der Waals surface area contributed by atoms with Crippen LogP contribution in [-0.4, -0.2) is 55.6 Å². The number of ether oxygens (including phenoxy) is 1. The summed E-state index contributed by atoms with van der Waals surface area (Å²) in [5.41, 5.74) is 4.89. The van der Waals surface area contributed by atoms with Crippen molar-refractivity contribution < 1.29 is 18.8 Å². The average Bonchev–Trinajstić information content (AvgIpc) is 3.40. The predicted octanol–water partition coefficient (Wildman–Crippen LogP) is 3.36. The number of nitrogens with zero attached hydrogens (tertiary/aromatic N) is 5. The molecule has 2 atom stereocenters. The van der Waals surface area contributed by atoms with E-state index >= 15 is 0 Å². The second-order valence-corrected chi connectivity index (χ2v) is 8.45. The minimum Gasteiger partial charge on any atom is -0.461 e. The quantitative estimate of drug-likeness (QED) is 0.462. The summed E-state index contributed by atoms with van der Waals surface area (Å²) in [4.78, 5) is 27.9. The van der Waals surface area contributed by atoms with Crippen molar-refractivity contribution in [1.29, 1.82) is 0 Å². The Hall–Kier alpha value is -4.22. The molecule has 2 bridgehead atoms. The Morgan fingerprint density at radius 2 is 2.06 bits per heavy atom. The lowest BCUT2D eigenvalue weighted by Gasteiger charge is -2.24. The third-order valence-electron chi connectivity index (χ3n) is 6.52. The summed E-state index contributed by atoms with van der Waals surface area (Å²) in [5.74, 6) is 6.04. The fourth-order valence-electron chi connectivity index (χ4n) is 5.05. The van der Waals surface area contributed by atoms with Crippen molar-refractivity contribution in [1.82, 2.24) is 24.4 Å². The molecule has 4 heterocycles. The molecule has 0 saturated carbocycles. The largest absolute Gasteiger partial charge is 0.461 e. The summed E-state index contributed by atoms with van der Waals surface area (Å²) in [5, 5.41) is 8.93. The maximum atomic E-state index is 13.6. The van der Waals surface area contributed by atoms with E-state index in [0.29, 0.717) is 28.9 Å². The van der Waals surface area contributed by atoms with Gasteiger partial charge in [-0.3, -0.25) is 4.79 Å². The molecule has 35 heavy (non-hydrogen) atoms. The highest BCUT2D eigenvalue weighted by atomic mass is 16.5. The van der Waals surface area contributed by atoms with Crippen LogP contribution >= 0.6 is 0 Å². The molecule has 2 aliphatic heterocycles. The zero-order valence-corrected chi connectivity index (χ0v) is 18.9. The van der Waals surface area contributed by atoms with Crippen LogP contribution in [0.15, 0.2) is 48.8 Å². The van der Waals surface area contributed by atoms with Crippen molar-refractivity contribution in [2.45, 2.75) is 25.4 Å². The molecule has 1 N–H and O–H groups in total. The minimum absolute atomic E-state index is 0.109. The topological polar surface area (TPSA) is 93.4 Å². The summed E-state index contributed by atoms with van der Waals surface area (Å²) in [6, 6.07) is 10.2. The van der Waals surface area contributed by atoms with Gasteiger partial charge >= 0.3 is 6.01 Å². The van der Waals surface area contributed by atoms with Crippen molar-refractivity contribution >= 4 is 16.9 Å². The Morgan fingerprint density at radius 3 is 2.83 bits per heavy atom. The van der Waals surface area contributed by atoms with Gasteiger partial charge in [-0.25, -0.2) is 15.0 Å². The van der Waals surface area contributed by atoms with Crippen LogP contribution in [0.2, 0.25) is 0 Å². The maximum Gasteiger partial charge on any atom is 0.316 e. The molecule has 8 heteroatoms. The van der Waals surface area contributed by atoms with E-state index in [9.17, 15) is 4.79 Å². The summed E-state index contributed by atoms with van der Waals surface area (Å²) < 4.78 is 31.9. The second-order valence-electron chi connectivity index (χ2n) is 8.45. The lowest BCUT2D eigenvalue weighted by atomic mass is 9.93. The van der Waals surface area contributed by atoms with Crippen molar-refractivity contribution in [3.05, 3.63) is 71.3 Å². The van der Waals surface area contributed by atoms with Gasteiger partial charge in [0.05, 0.1) is 29.7 Å². The Kier molecular flexibility index (Phi) is 4.26. The molecule has 2 aromatic heterocycles. The summed E-state index contributed by atoms with van der Waals surface area (Å²) in [7, 11) is 0. The average molecular weight is 469 g/mol. The number of fused-ring (bicyclic) bond motifs is 9. The molecular weight excluding hydrogens is 442 g/mol. The van der Waals surface area contributed by atoms with Crippen LogP contribution in [-0.2, 0) is 0 Å². The number of carbonyl (C=O) groups is 1. The van der Waals surface area contributed by atoms with Crippen molar-refractivity contribution in [3.8, 4) is 29.0 Å². The van der Waals surface area contributed by atoms with Gasteiger partial charge in [0.25, 0.3) is 5.91 Å². The van der Waals surface area contributed by atoms with E-state index in [1.807, 2.05) is 28.8 Å². The zero-order valence-electron chi connectivity index (χ0n) is 21.9. The van der Waals surface area contributed by atoms with Crippen molar-refractivity contribution in [2.75, 3.05) is 20.2 Å². The standard InChI is InChI=1S/C27H23N5O3/c1-3-5-16-6-4-7-19-24(16)22-13-23(31(2)26(19)34)25-30-20-9-8-17(12-21(20)32(22)25)18-14-28-27(29-15-18)35-11-10-33/h4,6-9,12,14-15,22-23,33H,10-11,13H2,1-2H3/t22-,23-/m1/s1/i2D3. The number of aromatic nitrogens is 4. The summed E-state index contributed by atoms with van der Waals surface area (Å²) in [6.07, 6.45) is 3.68. The fraction of sp³-hybridized carbons (Fsp3) is 0.259. The summed E-state index contributed by atoms with van der Waals surface area (Å²) in [6.45, 7) is -0.931. The zero-order chi connectivity index (χ0) is 26.6. The lowest BCUT2D eigenvalue weighted by molar-refractivity contribution is 0.0734. The number of hydrogen-bond acceptors (Lipinski definition) is 6. The molecule has 4 aromatic rings. The molecule has 1 amide bonds. The first-order chi connectivity index (χ1) is 18.3. The highest BCUT2D eigenvalue weighted by Gasteiger charge is 2.44. The number of amides is 1.